The SMILES string of the molecule is CC(C)OCCN(C)Cc1cc(C#N)ccc1F. The molecule has 0 aliphatic carbocycles. The van der Waals surface area contributed by atoms with Gasteiger partial charge in [-0.05, 0) is 39.1 Å². The highest BCUT2D eigenvalue weighted by molar-refractivity contribution is 5.33. The van der Waals surface area contributed by atoms with E-state index in [2.05, 4.69) is 0 Å². The van der Waals surface area contributed by atoms with Gasteiger partial charge in [0.25, 0.3) is 0 Å². The van der Waals surface area contributed by atoms with Gasteiger partial charge < -0.3 is 4.74 Å². The summed E-state index contributed by atoms with van der Waals surface area (Å²) in [5.41, 5.74) is 1.03. The van der Waals surface area contributed by atoms with E-state index in [4.69, 9.17) is 10.00 Å². The van der Waals surface area contributed by atoms with Crippen LogP contribution in [0.15, 0.2) is 18.2 Å². The van der Waals surface area contributed by atoms with Crippen molar-refractivity contribution in [1.82, 2.24) is 4.90 Å². The fraction of sp³-hybridized carbons (Fsp3) is 0.500. The van der Waals surface area contributed by atoms with Crippen LogP contribution in [0.3, 0.4) is 0 Å². The van der Waals surface area contributed by atoms with Crippen molar-refractivity contribution in [2.75, 3.05) is 20.2 Å². The third-order valence-electron chi connectivity index (χ3n) is 2.54. The fourth-order valence-corrected chi connectivity index (χ4v) is 1.58. The van der Waals surface area contributed by atoms with Crippen LogP contribution in [0.1, 0.15) is 25.0 Å². The van der Waals surface area contributed by atoms with E-state index in [1.165, 1.54) is 12.1 Å². The van der Waals surface area contributed by atoms with Crippen LogP contribution >= 0.6 is 0 Å². The molecular formula is C14H19FN2O. The van der Waals surface area contributed by atoms with Crippen LogP contribution in [0.4, 0.5) is 4.39 Å². The molecule has 18 heavy (non-hydrogen) atoms. The van der Waals surface area contributed by atoms with Crippen LogP contribution < -0.4 is 0 Å². The summed E-state index contributed by atoms with van der Waals surface area (Å²) in [7, 11) is 1.90. The van der Waals surface area contributed by atoms with E-state index in [1.807, 2.05) is 31.9 Å². The average Bonchev–Trinajstić information content (AvgIpc) is 2.31. The number of benzene rings is 1. The molecule has 0 saturated carbocycles. The van der Waals surface area contributed by atoms with Crippen molar-refractivity contribution < 1.29 is 9.13 Å². The van der Waals surface area contributed by atoms with E-state index in [-0.39, 0.29) is 11.9 Å². The number of nitriles is 1. The highest BCUT2D eigenvalue weighted by atomic mass is 19.1. The van der Waals surface area contributed by atoms with Crippen molar-refractivity contribution in [1.29, 1.82) is 5.26 Å². The second kappa shape index (κ2) is 7.10. The molecule has 0 fully saturated rings. The summed E-state index contributed by atoms with van der Waals surface area (Å²) < 4.78 is 19.0. The zero-order chi connectivity index (χ0) is 13.5. The van der Waals surface area contributed by atoms with Gasteiger partial charge in [0, 0.05) is 18.7 Å². The Morgan fingerprint density at radius 1 is 1.44 bits per heavy atom. The molecule has 0 radical (unpaired) electrons. The molecule has 0 unspecified atom stereocenters. The van der Waals surface area contributed by atoms with Crippen molar-refractivity contribution in [3.63, 3.8) is 0 Å². The topological polar surface area (TPSA) is 36.3 Å². The van der Waals surface area contributed by atoms with Crippen molar-refractivity contribution in [3.8, 4) is 6.07 Å². The van der Waals surface area contributed by atoms with E-state index in [0.717, 1.165) is 6.54 Å². The molecule has 98 valence electrons. The summed E-state index contributed by atoms with van der Waals surface area (Å²) in [6.07, 6.45) is 0.206. The summed E-state index contributed by atoms with van der Waals surface area (Å²) >= 11 is 0. The first-order valence-electron chi connectivity index (χ1n) is 6.01. The first kappa shape index (κ1) is 14.6. The van der Waals surface area contributed by atoms with Gasteiger partial charge in [-0.25, -0.2) is 4.39 Å². The lowest BCUT2D eigenvalue weighted by Crippen LogP contribution is -2.24. The number of nitrogens with zero attached hydrogens (tertiary/aromatic N) is 2. The van der Waals surface area contributed by atoms with Gasteiger partial charge in [0.2, 0.25) is 0 Å². The standard InChI is InChI=1S/C14H19FN2O/c1-11(2)18-7-6-17(3)10-13-8-12(9-16)4-5-14(13)15/h4-5,8,11H,6-7,10H2,1-3H3. The van der Waals surface area contributed by atoms with E-state index in [9.17, 15) is 4.39 Å². The van der Waals surface area contributed by atoms with Crippen LogP contribution in [-0.4, -0.2) is 31.2 Å². The van der Waals surface area contributed by atoms with E-state index < -0.39 is 0 Å². The number of hydrogen-bond donors (Lipinski definition) is 0. The molecule has 0 bridgehead atoms. The summed E-state index contributed by atoms with van der Waals surface area (Å²) in [5.74, 6) is -0.273. The first-order valence-corrected chi connectivity index (χ1v) is 6.01. The van der Waals surface area contributed by atoms with Crippen LogP contribution in [0.2, 0.25) is 0 Å². The largest absolute Gasteiger partial charge is 0.377 e. The quantitative estimate of drug-likeness (QED) is 0.778. The number of likely N-dealkylation sites (N-methyl/N-ethyl adjacent to an activating group) is 1. The van der Waals surface area contributed by atoms with Crippen LogP contribution in [0, 0.1) is 17.1 Å². The summed E-state index contributed by atoms with van der Waals surface area (Å²) in [6, 6.07) is 6.43. The monoisotopic (exact) mass is 250 g/mol. The summed E-state index contributed by atoms with van der Waals surface area (Å²) in [4.78, 5) is 1.97. The predicted octanol–water partition coefficient (Wildman–Crippen LogP) is 2.55. The summed E-state index contributed by atoms with van der Waals surface area (Å²) in [5, 5.41) is 8.78. The molecule has 0 aromatic heterocycles. The number of rotatable bonds is 6. The highest BCUT2D eigenvalue weighted by Gasteiger charge is 2.07. The van der Waals surface area contributed by atoms with Crippen molar-refractivity contribution >= 4 is 0 Å². The molecule has 0 heterocycles. The Kier molecular flexibility index (Phi) is 5.76. The maximum Gasteiger partial charge on any atom is 0.127 e. The van der Waals surface area contributed by atoms with Gasteiger partial charge >= 0.3 is 0 Å². The van der Waals surface area contributed by atoms with Crippen molar-refractivity contribution in [3.05, 3.63) is 35.1 Å². The number of ether oxygens (including phenoxy) is 1. The Morgan fingerprint density at radius 2 is 2.17 bits per heavy atom. The van der Waals surface area contributed by atoms with Gasteiger partial charge in [0.1, 0.15) is 5.82 Å². The van der Waals surface area contributed by atoms with Crippen LogP contribution in [-0.2, 0) is 11.3 Å². The van der Waals surface area contributed by atoms with Gasteiger partial charge in [-0.2, -0.15) is 5.26 Å². The van der Waals surface area contributed by atoms with Gasteiger partial charge in [0.05, 0.1) is 24.3 Å². The van der Waals surface area contributed by atoms with Gasteiger partial charge in [-0.3, -0.25) is 4.90 Å². The lowest BCUT2D eigenvalue weighted by atomic mass is 10.1. The fourth-order valence-electron chi connectivity index (χ4n) is 1.58. The van der Waals surface area contributed by atoms with Gasteiger partial charge in [-0.15, -0.1) is 0 Å². The molecule has 4 heteroatoms. The molecule has 3 nitrogen and oxygen atoms in total. The maximum atomic E-state index is 13.5. The van der Waals surface area contributed by atoms with Crippen molar-refractivity contribution in [2.24, 2.45) is 0 Å². The molecule has 0 spiro atoms. The molecule has 1 aromatic carbocycles. The first-order chi connectivity index (χ1) is 8.52. The normalized spacial score (nSPS) is 10.9. The molecule has 0 amide bonds. The van der Waals surface area contributed by atoms with E-state index in [0.29, 0.717) is 24.3 Å². The average molecular weight is 250 g/mol. The second-order valence-electron chi connectivity index (χ2n) is 4.58. The van der Waals surface area contributed by atoms with Gasteiger partial charge in [-0.1, -0.05) is 0 Å². The third-order valence-corrected chi connectivity index (χ3v) is 2.54. The highest BCUT2D eigenvalue weighted by Crippen LogP contribution is 2.12. The Bertz CT molecular complexity index is 426. The molecular weight excluding hydrogens is 231 g/mol. The van der Waals surface area contributed by atoms with E-state index in [1.54, 1.807) is 6.07 Å². The smallest absolute Gasteiger partial charge is 0.127 e. The zero-order valence-electron chi connectivity index (χ0n) is 11.1. The molecule has 1 aromatic rings. The molecule has 0 aliphatic rings. The number of hydrogen-bond acceptors (Lipinski definition) is 3. The zero-order valence-corrected chi connectivity index (χ0v) is 11.1. The minimum atomic E-state index is -0.273. The van der Waals surface area contributed by atoms with Crippen molar-refractivity contribution in [2.45, 2.75) is 26.5 Å². The Balaban J connectivity index is 2.53. The minimum absolute atomic E-state index is 0.206. The Labute approximate surface area is 108 Å². The molecule has 0 aliphatic heterocycles. The van der Waals surface area contributed by atoms with E-state index >= 15 is 0 Å². The van der Waals surface area contributed by atoms with Crippen LogP contribution in [0.5, 0.6) is 0 Å². The predicted molar refractivity (Wildman–Crippen MR) is 68.5 cm³/mol. The lowest BCUT2D eigenvalue weighted by Gasteiger charge is -2.18. The molecule has 0 saturated heterocycles. The molecule has 1 rings (SSSR count). The minimum Gasteiger partial charge on any atom is -0.377 e. The number of halogens is 1. The Hall–Kier alpha value is -1.44. The molecule has 0 N–H and O–H groups in total. The Morgan fingerprint density at radius 3 is 2.78 bits per heavy atom. The van der Waals surface area contributed by atoms with Gasteiger partial charge in [0.15, 0.2) is 0 Å². The third kappa shape index (κ3) is 4.82. The molecule has 0 atom stereocenters. The lowest BCUT2D eigenvalue weighted by molar-refractivity contribution is 0.0625. The summed E-state index contributed by atoms with van der Waals surface area (Å²) in [6.45, 7) is 5.79. The second-order valence-corrected chi connectivity index (χ2v) is 4.58. The van der Waals surface area contributed by atoms with Crippen LogP contribution in [0.25, 0.3) is 0 Å². The maximum absolute atomic E-state index is 13.5.